The van der Waals surface area contributed by atoms with Gasteiger partial charge in [0.05, 0.1) is 6.04 Å². The van der Waals surface area contributed by atoms with Crippen LogP contribution in [-0.4, -0.2) is 37.0 Å². The van der Waals surface area contributed by atoms with E-state index in [0.29, 0.717) is 0 Å². The van der Waals surface area contributed by atoms with E-state index < -0.39 is 0 Å². The minimum Gasteiger partial charge on any atom is -0.343 e. The molecular formula is C16H18N2OS. The maximum atomic E-state index is 12.0. The largest absolute Gasteiger partial charge is 0.343 e. The number of amides is 1. The van der Waals surface area contributed by atoms with Gasteiger partial charge in [-0.2, -0.15) is 0 Å². The van der Waals surface area contributed by atoms with Gasteiger partial charge in [0.2, 0.25) is 5.91 Å². The Kier molecular flexibility index (Phi) is 3.85. The van der Waals surface area contributed by atoms with Gasteiger partial charge in [0.25, 0.3) is 0 Å². The summed E-state index contributed by atoms with van der Waals surface area (Å²) in [6, 6.07) is 12.6. The van der Waals surface area contributed by atoms with Crippen molar-refractivity contribution in [3.63, 3.8) is 0 Å². The summed E-state index contributed by atoms with van der Waals surface area (Å²) in [6.45, 7) is 1.67. The molecule has 4 heteroatoms. The van der Waals surface area contributed by atoms with Crippen LogP contribution in [0.15, 0.2) is 41.8 Å². The average molecular weight is 286 g/mol. The van der Waals surface area contributed by atoms with Crippen LogP contribution in [0.3, 0.4) is 0 Å². The van der Waals surface area contributed by atoms with E-state index in [9.17, 15) is 4.79 Å². The third-order valence-electron chi connectivity index (χ3n) is 3.71. The van der Waals surface area contributed by atoms with Crippen molar-refractivity contribution in [2.45, 2.75) is 12.5 Å². The van der Waals surface area contributed by atoms with E-state index in [1.165, 1.54) is 16.0 Å². The fourth-order valence-electron chi connectivity index (χ4n) is 2.51. The van der Waals surface area contributed by atoms with Crippen LogP contribution in [0.4, 0.5) is 0 Å². The predicted octanol–water partition coefficient (Wildman–Crippen LogP) is 2.39. The summed E-state index contributed by atoms with van der Waals surface area (Å²) in [4.78, 5) is 15.1. The van der Waals surface area contributed by atoms with Crippen molar-refractivity contribution < 1.29 is 4.79 Å². The normalized spacial score (nSPS) is 19.4. The zero-order chi connectivity index (χ0) is 13.9. The number of likely N-dealkylation sites (N-methyl/N-ethyl adjacent to an activating group) is 1. The van der Waals surface area contributed by atoms with Gasteiger partial charge in [-0.15, -0.1) is 11.3 Å². The van der Waals surface area contributed by atoms with E-state index in [-0.39, 0.29) is 11.9 Å². The van der Waals surface area contributed by atoms with Crippen LogP contribution < -0.4 is 5.32 Å². The van der Waals surface area contributed by atoms with Crippen molar-refractivity contribution in [2.24, 2.45) is 0 Å². The first kappa shape index (κ1) is 13.3. The van der Waals surface area contributed by atoms with E-state index in [2.05, 4.69) is 47.1 Å². The number of hydrogen-bond acceptors (Lipinski definition) is 3. The molecule has 104 valence electrons. The second-order valence-corrected chi connectivity index (χ2v) is 6.09. The van der Waals surface area contributed by atoms with E-state index in [1.54, 1.807) is 16.2 Å². The van der Waals surface area contributed by atoms with Crippen LogP contribution in [0.2, 0.25) is 0 Å². The van der Waals surface area contributed by atoms with Crippen LogP contribution >= 0.6 is 11.3 Å². The third-order valence-corrected chi connectivity index (χ3v) is 4.63. The second kappa shape index (κ2) is 5.77. The molecule has 20 heavy (non-hydrogen) atoms. The molecule has 2 aromatic rings. The van der Waals surface area contributed by atoms with Crippen LogP contribution in [0.25, 0.3) is 10.4 Å². The molecule has 0 spiro atoms. The number of piperazine rings is 1. The fraction of sp³-hybridized carbons (Fsp3) is 0.312. The quantitative estimate of drug-likeness (QED) is 0.939. The van der Waals surface area contributed by atoms with Crippen LogP contribution in [0.5, 0.6) is 0 Å². The molecule has 1 aromatic carbocycles. The average Bonchev–Trinajstić information content (AvgIpc) is 2.99. The van der Waals surface area contributed by atoms with E-state index in [4.69, 9.17) is 0 Å². The lowest BCUT2D eigenvalue weighted by atomic mass is 10.0. The number of rotatable bonds is 3. The summed E-state index contributed by atoms with van der Waals surface area (Å²) in [6.07, 6.45) is 0.758. The standard InChI is InChI=1S/C16H18N2OS/c1-18-9-8-17-14(16(18)19)11-12-4-6-13(7-5-12)15-3-2-10-20-15/h2-7,10,14,17H,8-9,11H2,1H3/t14-/m0/s1. The molecule has 0 aliphatic carbocycles. The third kappa shape index (κ3) is 2.76. The van der Waals surface area contributed by atoms with Gasteiger partial charge < -0.3 is 10.2 Å². The summed E-state index contributed by atoms with van der Waals surface area (Å²) < 4.78 is 0. The molecule has 3 rings (SSSR count). The van der Waals surface area contributed by atoms with Crippen molar-refractivity contribution >= 4 is 17.2 Å². The molecule has 0 unspecified atom stereocenters. The Labute approximate surface area is 123 Å². The summed E-state index contributed by atoms with van der Waals surface area (Å²) in [5.74, 6) is 0.193. The second-order valence-electron chi connectivity index (χ2n) is 5.14. The Bertz CT molecular complexity index is 577. The van der Waals surface area contributed by atoms with Gasteiger partial charge in [0.1, 0.15) is 0 Å². The molecule has 0 radical (unpaired) electrons. The molecule has 2 heterocycles. The van der Waals surface area contributed by atoms with Gasteiger partial charge in [0.15, 0.2) is 0 Å². The lowest BCUT2D eigenvalue weighted by molar-refractivity contribution is -0.134. The summed E-state index contributed by atoms with van der Waals surface area (Å²) in [5.41, 5.74) is 2.44. The Morgan fingerprint density at radius 1 is 1.30 bits per heavy atom. The van der Waals surface area contributed by atoms with Gasteiger partial charge in [-0.05, 0) is 29.0 Å². The number of hydrogen-bond donors (Lipinski definition) is 1. The van der Waals surface area contributed by atoms with Gasteiger partial charge in [0, 0.05) is 25.0 Å². The first-order chi connectivity index (χ1) is 9.74. The minimum absolute atomic E-state index is 0.0821. The molecule has 1 saturated heterocycles. The highest BCUT2D eigenvalue weighted by molar-refractivity contribution is 7.13. The van der Waals surface area contributed by atoms with E-state index in [0.717, 1.165) is 19.5 Å². The van der Waals surface area contributed by atoms with Gasteiger partial charge in [-0.3, -0.25) is 4.79 Å². The monoisotopic (exact) mass is 286 g/mol. The minimum atomic E-state index is -0.0821. The summed E-state index contributed by atoms with van der Waals surface area (Å²) >= 11 is 1.75. The van der Waals surface area contributed by atoms with Gasteiger partial charge in [-0.1, -0.05) is 30.3 Å². The number of carbonyl (C=O) groups is 1. The molecule has 1 aliphatic heterocycles. The van der Waals surface area contributed by atoms with Crippen molar-refractivity contribution in [1.82, 2.24) is 10.2 Å². The van der Waals surface area contributed by atoms with E-state index >= 15 is 0 Å². The molecule has 1 aromatic heterocycles. The number of benzene rings is 1. The van der Waals surface area contributed by atoms with E-state index in [1.807, 2.05) is 7.05 Å². The highest BCUT2D eigenvalue weighted by Gasteiger charge is 2.25. The first-order valence-electron chi connectivity index (χ1n) is 6.85. The maximum absolute atomic E-state index is 12.0. The zero-order valence-electron chi connectivity index (χ0n) is 11.5. The van der Waals surface area contributed by atoms with Crippen LogP contribution in [0.1, 0.15) is 5.56 Å². The Hall–Kier alpha value is -1.65. The van der Waals surface area contributed by atoms with Crippen molar-refractivity contribution in [2.75, 3.05) is 20.1 Å². The molecule has 0 bridgehead atoms. The number of nitrogens with one attached hydrogen (secondary N) is 1. The lowest BCUT2D eigenvalue weighted by Gasteiger charge is -2.30. The first-order valence-corrected chi connectivity index (χ1v) is 7.73. The molecule has 1 atom stereocenters. The topological polar surface area (TPSA) is 32.3 Å². The SMILES string of the molecule is CN1CCN[C@@H](Cc2ccc(-c3cccs3)cc2)C1=O. The molecule has 1 aliphatic rings. The van der Waals surface area contributed by atoms with Gasteiger partial charge in [-0.25, -0.2) is 0 Å². The van der Waals surface area contributed by atoms with Crippen LogP contribution in [0, 0.1) is 0 Å². The van der Waals surface area contributed by atoms with Gasteiger partial charge >= 0.3 is 0 Å². The number of thiophene rings is 1. The molecule has 1 fully saturated rings. The van der Waals surface area contributed by atoms with Crippen molar-refractivity contribution in [3.05, 3.63) is 47.3 Å². The smallest absolute Gasteiger partial charge is 0.239 e. The summed E-state index contributed by atoms with van der Waals surface area (Å²) in [5, 5.41) is 5.39. The molecular weight excluding hydrogens is 268 g/mol. The summed E-state index contributed by atoms with van der Waals surface area (Å²) in [7, 11) is 1.87. The Balaban J connectivity index is 1.70. The maximum Gasteiger partial charge on any atom is 0.239 e. The number of nitrogens with zero attached hydrogens (tertiary/aromatic N) is 1. The highest BCUT2D eigenvalue weighted by atomic mass is 32.1. The molecule has 0 saturated carbocycles. The lowest BCUT2D eigenvalue weighted by Crippen LogP contribution is -2.54. The Morgan fingerprint density at radius 3 is 2.80 bits per heavy atom. The zero-order valence-corrected chi connectivity index (χ0v) is 12.3. The van der Waals surface area contributed by atoms with Crippen molar-refractivity contribution in [3.8, 4) is 10.4 Å². The molecule has 1 N–H and O–H groups in total. The predicted molar refractivity (Wildman–Crippen MR) is 82.9 cm³/mol. The molecule has 3 nitrogen and oxygen atoms in total. The number of carbonyl (C=O) groups excluding carboxylic acids is 1. The molecule has 1 amide bonds. The van der Waals surface area contributed by atoms with Crippen molar-refractivity contribution in [1.29, 1.82) is 0 Å². The highest BCUT2D eigenvalue weighted by Crippen LogP contribution is 2.25. The van der Waals surface area contributed by atoms with Crippen LogP contribution in [-0.2, 0) is 11.2 Å². The fourth-order valence-corrected chi connectivity index (χ4v) is 3.25. The Morgan fingerprint density at radius 2 is 2.10 bits per heavy atom.